The van der Waals surface area contributed by atoms with Crippen LogP contribution in [0.2, 0.25) is 0 Å². The zero-order valence-electron chi connectivity index (χ0n) is 9.68. The molecule has 4 N–H and O–H groups in total. The van der Waals surface area contributed by atoms with Crippen LogP contribution < -0.4 is 5.73 Å². The average molecular weight is 241 g/mol. The number of aromatic hydroxyl groups is 1. The highest BCUT2D eigenvalue weighted by Crippen LogP contribution is 2.29. The number of nitrogens with one attached hydrogen (secondary N) is 1. The summed E-state index contributed by atoms with van der Waals surface area (Å²) in [6.07, 6.45) is 1.36. The van der Waals surface area contributed by atoms with Crippen molar-refractivity contribution in [1.29, 1.82) is 0 Å². The lowest BCUT2D eigenvalue weighted by Gasteiger charge is -2.01. The van der Waals surface area contributed by atoms with Crippen LogP contribution in [0.1, 0.15) is 5.56 Å². The van der Waals surface area contributed by atoms with E-state index < -0.39 is 0 Å². The van der Waals surface area contributed by atoms with Gasteiger partial charge in [0.05, 0.1) is 5.56 Å². The zero-order chi connectivity index (χ0) is 12.7. The van der Waals surface area contributed by atoms with Crippen LogP contribution in [0, 0.1) is 6.92 Å². The van der Waals surface area contributed by atoms with E-state index in [0.717, 1.165) is 5.56 Å². The smallest absolute Gasteiger partial charge is 0.183 e. The summed E-state index contributed by atoms with van der Waals surface area (Å²) in [5.74, 6) is 1.02. The Labute approximate surface area is 103 Å². The molecule has 0 spiro atoms. The molecule has 6 heteroatoms. The minimum atomic E-state index is 0.159. The number of H-pyrrole nitrogens is 1. The van der Waals surface area contributed by atoms with Crippen molar-refractivity contribution in [2.24, 2.45) is 0 Å². The lowest BCUT2D eigenvalue weighted by molar-refractivity contribution is 0.477. The Hall–Kier alpha value is -2.63. The number of aryl methyl sites for hydroxylation is 1. The molecule has 0 fully saturated rings. The molecule has 0 aliphatic carbocycles. The number of nitrogens with zero attached hydrogens (tertiary/aromatic N) is 3. The van der Waals surface area contributed by atoms with Crippen molar-refractivity contribution in [1.82, 2.24) is 19.9 Å². The third-order valence-electron chi connectivity index (χ3n) is 2.72. The number of nitrogens with two attached hydrogens (primary N) is 1. The summed E-state index contributed by atoms with van der Waals surface area (Å²) in [6, 6.07) is 5.30. The van der Waals surface area contributed by atoms with E-state index in [2.05, 4.69) is 19.9 Å². The van der Waals surface area contributed by atoms with Gasteiger partial charge in [-0.15, -0.1) is 0 Å². The molecular formula is C12H11N5O. The molecule has 90 valence electrons. The summed E-state index contributed by atoms with van der Waals surface area (Å²) in [4.78, 5) is 15.2. The highest BCUT2D eigenvalue weighted by Gasteiger charge is 2.12. The SMILES string of the molecule is Cc1ccc(O)c(-c2nc3ncnc(N)c3[nH]2)c1. The molecule has 0 atom stereocenters. The maximum atomic E-state index is 9.86. The molecule has 0 saturated heterocycles. The molecule has 18 heavy (non-hydrogen) atoms. The highest BCUT2D eigenvalue weighted by molar-refractivity contribution is 5.84. The van der Waals surface area contributed by atoms with Gasteiger partial charge >= 0.3 is 0 Å². The molecule has 6 nitrogen and oxygen atoms in total. The molecule has 3 rings (SSSR count). The Bertz CT molecular complexity index is 734. The van der Waals surface area contributed by atoms with Crippen molar-refractivity contribution in [3.63, 3.8) is 0 Å². The van der Waals surface area contributed by atoms with Crippen LogP contribution in [-0.4, -0.2) is 25.0 Å². The normalized spacial score (nSPS) is 10.9. The number of rotatable bonds is 1. The molecule has 0 unspecified atom stereocenters. The first kappa shape index (κ1) is 10.5. The Kier molecular flexibility index (Phi) is 2.16. The number of imidazole rings is 1. The van der Waals surface area contributed by atoms with Crippen molar-refractivity contribution in [2.75, 3.05) is 5.73 Å². The minimum absolute atomic E-state index is 0.159. The molecule has 0 radical (unpaired) electrons. The minimum Gasteiger partial charge on any atom is -0.507 e. The van der Waals surface area contributed by atoms with Crippen LogP contribution in [0.3, 0.4) is 0 Å². The molecule has 0 saturated carbocycles. The Morgan fingerprint density at radius 3 is 2.89 bits per heavy atom. The summed E-state index contributed by atoms with van der Waals surface area (Å²) in [5.41, 5.74) is 8.44. The van der Waals surface area contributed by atoms with E-state index in [1.807, 2.05) is 19.1 Å². The second-order valence-electron chi connectivity index (χ2n) is 4.06. The highest BCUT2D eigenvalue weighted by atomic mass is 16.3. The van der Waals surface area contributed by atoms with Crippen LogP contribution in [-0.2, 0) is 0 Å². The van der Waals surface area contributed by atoms with Gasteiger partial charge in [0.15, 0.2) is 11.5 Å². The lowest BCUT2D eigenvalue weighted by atomic mass is 10.1. The van der Waals surface area contributed by atoms with Gasteiger partial charge in [0.25, 0.3) is 0 Å². The Balaban J connectivity index is 2.26. The molecule has 2 aromatic heterocycles. The van der Waals surface area contributed by atoms with Crippen molar-refractivity contribution >= 4 is 17.0 Å². The van der Waals surface area contributed by atoms with Gasteiger partial charge < -0.3 is 15.8 Å². The van der Waals surface area contributed by atoms with Gasteiger partial charge in [0.2, 0.25) is 0 Å². The van der Waals surface area contributed by atoms with Crippen molar-refractivity contribution in [2.45, 2.75) is 6.92 Å². The van der Waals surface area contributed by atoms with Gasteiger partial charge in [0.1, 0.15) is 23.4 Å². The van der Waals surface area contributed by atoms with Gasteiger partial charge in [-0.2, -0.15) is 0 Å². The number of phenolic OH excluding ortho intramolecular Hbond substituents is 1. The Morgan fingerprint density at radius 2 is 2.11 bits per heavy atom. The number of aromatic amines is 1. The third-order valence-corrected chi connectivity index (χ3v) is 2.72. The molecule has 0 amide bonds. The fourth-order valence-electron chi connectivity index (χ4n) is 1.81. The number of anilines is 1. The molecule has 0 aliphatic heterocycles. The number of phenols is 1. The maximum absolute atomic E-state index is 9.86. The molecule has 3 aromatic rings. The van der Waals surface area contributed by atoms with E-state index in [4.69, 9.17) is 5.73 Å². The number of hydrogen-bond donors (Lipinski definition) is 3. The van der Waals surface area contributed by atoms with Crippen LogP contribution in [0.15, 0.2) is 24.5 Å². The summed E-state index contributed by atoms with van der Waals surface area (Å²) in [7, 11) is 0. The lowest BCUT2D eigenvalue weighted by Crippen LogP contribution is -1.91. The van der Waals surface area contributed by atoms with Gasteiger partial charge in [-0.1, -0.05) is 11.6 Å². The van der Waals surface area contributed by atoms with Crippen molar-refractivity contribution < 1.29 is 5.11 Å². The second kappa shape index (κ2) is 3.69. The molecule has 0 bridgehead atoms. The maximum Gasteiger partial charge on any atom is 0.183 e. The molecule has 1 aromatic carbocycles. The first-order valence-electron chi connectivity index (χ1n) is 5.41. The first-order valence-corrected chi connectivity index (χ1v) is 5.41. The summed E-state index contributed by atoms with van der Waals surface area (Å²) >= 11 is 0. The van der Waals surface area contributed by atoms with Gasteiger partial charge in [-0.05, 0) is 19.1 Å². The van der Waals surface area contributed by atoms with Crippen LogP contribution in [0.25, 0.3) is 22.6 Å². The van der Waals surface area contributed by atoms with Crippen LogP contribution >= 0.6 is 0 Å². The number of benzene rings is 1. The fraction of sp³-hybridized carbons (Fsp3) is 0.0833. The Morgan fingerprint density at radius 1 is 1.28 bits per heavy atom. The van der Waals surface area contributed by atoms with Gasteiger partial charge in [0, 0.05) is 0 Å². The quantitative estimate of drug-likeness (QED) is 0.601. The van der Waals surface area contributed by atoms with E-state index >= 15 is 0 Å². The second-order valence-corrected chi connectivity index (χ2v) is 4.06. The first-order chi connectivity index (χ1) is 8.65. The summed E-state index contributed by atoms with van der Waals surface area (Å²) in [5, 5.41) is 9.86. The summed E-state index contributed by atoms with van der Waals surface area (Å²) in [6.45, 7) is 1.94. The van der Waals surface area contributed by atoms with Crippen molar-refractivity contribution in [3.05, 3.63) is 30.1 Å². The predicted octanol–water partition coefficient (Wildman–Crippen LogP) is 1.62. The van der Waals surface area contributed by atoms with Crippen molar-refractivity contribution in [3.8, 4) is 17.1 Å². The largest absolute Gasteiger partial charge is 0.507 e. The topological polar surface area (TPSA) is 101 Å². The fourth-order valence-corrected chi connectivity index (χ4v) is 1.81. The predicted molar refractivity (Wildman–Crippen MR) is 67.9 cm³/mol. The monoisotopic (exact) mass is 241 g/mol. The van der Waals surface area contributed by atoms with E-state index in [-0.39, 0.29) is 5.75 Å². The van der Waals surface area contributed by atoms with E-state index in [0.29, 0.717) is 28.4 Å². The number of nitrogen functional groups attached to an aromatic ring is 1. The van der Waals surface area contributed by atoms with Gasteiger partial charge in [-0.3, -0.25) is 0 Å². The molecular weight excluding hydrogens is 230 g/mol. The van der Waals surface area contributed by atoms with Gasteiger partial charge in [-0.25, -0.2) is 15.0 Å². The number of hydrogen-bond acceptors (Lipinski definition) is 5. The summed E-state index contributed by atoms with van der Waals surface area (Å²) < 4.78 is 0. The van der Waals surface area contributed by atoms with E-state index in [1.54, 1.807) is 6.07 Å². The van der Waals surface area contributed by atoms with Crippen LogP contribution in [0.5, 0.6) is 5.75 Å². The number of fused-ring (bicyclic) bond motifs is 1. The third kappa shape index (κ3) is 1.55. The standard InChI is InChI=1S/C12H11N5O/c1-6-2-3-8(18)7(4-6)11-16-9-10(13)14-5-15-12(9)17-11/h2-5,18H,1H3,(H3,13,14,15,16,17). The van der Waals surface area contributed by atoms with E-state index in [9.17, 15) is 5.11 Å². The van der Waals surface area contributed by atoms with Crippen LogP contribution in [0.4, 0.5) is 5.82 Å². The average Bonchev–Trinajstić information content (AvgIpc) is 2.77. The number of aromatic nitrogens is 4. The molecule has 0 aliphatic rings. The zero-order valence-corrected chi connectivity index (χ0v) is 9.68. The molecule has 2 heterocycles. The van der Waals surface area contributed by atoms with E-state index in [1.165, 1.54) is 6.33 Å².